The molecule has 0 spiro atoms. The summed E-state index contributed by atoms with van der Waals surface area (Å²) in [6.07, 6.45) is 0.698. The van der Waals surface area contributed by atoms with E-state index in [1.54, 1.807) is 17.0 Å². The van der Waals surface area contributed by atoms with Gasteiger partial charge in [-0.3, -0.25) is 0 Å². The quantitative estimate of drug-likeness (QED) is 0.603. The summed E-state index contributed by atoms with van der Waals surface area (Å²) in [5.74, 6) is -0.0686. The van der Waals surface area contributed by atoms with E-state index in [4.69, 9.17) is 4.74 Å². The predicted molar refractivity (Wildman–Crippen MR) is 127 cm³/mol. The number of ether oxygens (including phenoxy) is 2. The Labute approximate surface area is 203 Å². The van der Waals surface area contributed by atoms with Gasteiger partial charge in [0, 0.05) is 50.1 Å². The van der Waals surface area contributed by atoms with Gasteiger partial charge in [0.15, 0.2) is 0 Å². The first-order valence-electron chi connectivity index (χ1n) is 12.0. The van der Waals surface area contributed by atoms with Crippen LogP contribution >= 0.6 is 0 Å². The number of benzene rings is 1. The highest BCUT2D eigenvalue weighted by Gasteiger charge is 2.36. The number of nitrogens with zero attached hydrogens (tertiary/aromatic N) is 4. The van der Waals surface area contributed by atoms with E-state index in [9.17, 15) is 18.0 Å². The Kier molecular flexibility index (Phi) is 7.78. The highest BCUT2D eigenvalue weighted by molar-refractivity contribution is 5.99. The Balaban J connectivity index is 1.57. The number of alkyl halides is 3. The Morgan fingerprint density at radius 3 is 2.40 bits per heavy atom. The summed E-state index contributed by atoms with van der Waals surface area (Å²) in [5.41, 5.74) is 2.69. The lowest BCUT2D eigenvalue weighted by Gasteiger charge is -2.41. The van der Waals surface area contributed by atoms with Gasteiger partial charge in [0.05, 0.1) is 18.9 Å². The van der Waals surface area contributed by atoms with Crippen LogP contribution in [0.3, 0.4) is 0 Å². The second-order valence-electron chi connectivity index (χ2n) is 9.41. The van der Waals surface area contributed by atoms with Crippen molar-refractivity contribution in [1.82, 2.24) is 9.80 Å². The summed E-state index contributed by atoms with van der Waals surface area (Å²) in [5, 5.41) is 9.01. The molecule has 4 rings (SSSR count). The Morgan fingerprint density at radius 1 is 1.06 bits per heavy atom. The van der Waals surface area contributed by atoms with Crippen LogP contribution in [0.15, 0.2) is 46.6 Å². The van der Waals surface area contributed by atoms with Crippen molar-refractivity contribution in [3.8, 4) is 5.75 Å². The normalized spacial score (nSPS) is 23.6. The van der Waals surface area contributed by atoms with Crippen molar-refractivity contribution in [1.29, 1.82) is 0 Å². The molecule has 1 aromatic carbocycles. The maximum absolute atomic E-state index is 13.3. The van der Waals surface area contributed by atoms with Gasteiger partial charge in [-0.2, -0.15) is 10.2 Å². The van der Waals surface area contributed by atoms with Crippen LogP contribution in [-0.2, 0) is 4.74 Å². The third kappa shape index (κ3) is 6.62. The number of amides is 2. The number of morpholine rings is 1. The van der Waals surface area contributed by atoms with Crippen LogP contribution in [0.4, 0.5) is 18.0 Å². The number of carbonyl (C=O) groups excluding carboxylic acids is 1. The number of carbonyl (C=O) groups is 1. The number of piperidine rings is 1. The zero-order valence-corrected chi connectivity index (χ0v) is 20.0. The molecule has 0 bridgehead atoms. The molecule has 2 saturated heterocycles. The molecule has 0 N–H and O–H groups in total. The van der Waals surface area contributed by atoms with E-state index in [0.29, 0.717) is 45.8 Å². The van der Waals surface area contributed by atoms with Gasteiger partial charge >= 0.3 is 12.4 Å². The third-order valence-corrected chi connectivity index (χ3v) is 6.56. The van der Waals surface area contributed by atoms with Crippen molar-refractivity contribution in [3.63, 3.8) is 0 Å². The van der Waals surface area contributed by atoms with Gasteiger partial charge in [-0.15, -0.1) is 13.2 Å². The Bertz CT molecular complexity index is 983. The number of hydrogen-bond donors (Lipinski definition) is 0. The summed E-state index contributed by atoms with van der Waals surface area (Å²) in [6.45, 7) is 7.25. The highest BCUT2D eigenvalue weighted by atomic mass is 19.4. The minimum atomic E-state index is -4.74. The molecule has 3 heterocycles. The fraction of sp³-hybridized carbons (Fsp3) is 0.560. The lowest BCUT2D eigenvalue weighted by Crippen LogP contribution is -2.53. The fourth-order valence-corrected chi connectivity index (χ4v) is 4.69. The van der Waals surface area contributed by atoms with Gasteiger partial charge in [0.2, 0.25) is 0 Å². The molecule has 1 aromatic rings. The lowest BCUT2D eigenvalue weighted by atomic mass is 9.81. The molecule has 0 aromatic heterocycles. The maximum atomic E-state index is 13.3. The molecule has 35 heavy (non-hydrogen) atoms. The molecule has 2 unspecified atom stereocenters. The van der Waals surface area contributed by atoms with Crippen LogP contribution in [0.2, 0.25) is 0 Å². The first kappa shape index (κ1) is 25.2. The van der Waals surface area contributed by atoms with Crippen molar-refractivity contribution in [2.75, 3.05) is 39.4 Å². The fourth-order valence-electron chi connectivity index (χ4n) is 4.69. The van der Waals surface area contributed by atoms with Crippen molar-refractivity contribution in [2.45, 2.75) is 39.0 Å². The van der Waals surface area contributed by atoms with E-state index < -0.39 is 6.36 Å². The molecular formula is C25H31F3N4O3. The standard InChI is InChI=1S/C25H31F3N4O3/c1-17(2)22-4-3-5-23(30-29-22)20-14-19(18-6-8-21(9-7-18)35-25(26,27)28)15-32(16-20)24(33)31-10-12-34-13-11-31/h3-4,6-9,17,19-20H,5,10-16H2,1-2H3. The molecule has 3 aliphatic rings. The largest absolute Gasteiger partial charge is 0.573 e. The predicted octanol–water partition coefficient (Wildman–Crippen LogP) is 4.86. The molecule has 0 aliphatic carbocycles. The topological polar surface area (TPSA) is 66.7 Å². The Hall–Kier alpha value is -2.88. The van der Waals surface area contributed by atoms with Gasteiger partial charge in [-0.1, -0.05) is 32.1 Å². The van der Waals surface area contributed by atoms with Crippen molar-refractivity contribution < 1.29 is 27.4 Å². The van der Waals surface area contributed by atoms with Gasteiger partial charge < -0.3 is 19.3 Å². The minimum absolute atomic E-state index is 0.00949. The average molecular weight is 493 g/mol. The summed E-state index contributed by atoms with van der Waals surface area (Å²) in [7, 11) is 0. The maximum Gasteiger partial charge on any atom is 0.573 e. The molecule has 3 aliphatic heterocycles. The first-order valence-corrected chi connectivity index (χ1v) is 12.0. The summed E-state index contributed by atoms with van der Waals surface area (Å²) < 4.78 is 47.1. The number of urea groups is 1. The van der Waals surface area contributed by atoms with E-state index >= 15 is 0 Å². The number of rotatable bonds is 4. The number of likely N-dealkylation sites (tertiary alicyclic amines) is 1. The minimum Gasteiger partial charge on any atom is -0.406 e. The van der Waals surface area contributed by atoms with Crippen LogP contribution in [0, 0.1) is 11.8 Å². The molecule has 190 valence electrons. The highest BCUT2D eigenvalue weighted by Crippen LogP contribution is 2.34. The van der Waals surface area contributed by atoms with Crippen molar-refractivity contribution >= 4 is 17.5 Å². The number of hydrogen-bond acceptors (Lipinski definition) is 5. The van der Waals surface area contributed by atoms with Gasteiger partial charge in [0.25, 0.3) is 0 Å². The van der Waals surface area contributed by atoms with Crippen LogP contribution in [0.5, 0.6) is 5.75 Å². The van der Waals surface area contributed by atoms with E-state index in [2.05, 4.69) is 34.9 Å². The second-order valence-corrected chi connectivity index (χ2v) is 9.41. The second kappa shape index (κ2) is 10.8. The van der Waals surface area contributed by atoms with E-state index in [-0.39, 0.29) is 29.5 Å². The monoisotopic (exact) mass is 492 g/mol. The zero-order valence-electron chi connectivity index (χ0n) is 20.0. The molecular weight excluding hydrogens is 461 g/mol. The van der Waals surface area contributed by atoms with Crippen molar-refractivity contribution in [3.05, 3.63) is 42.0 Å². The molecule has 7 nitrogen and oxygen atoms in total. The molecule has 0 radical (unpaired) electrons. The smallest absolute Gasteiger partial charge is 0.406 e. The molecule has 10 heteroatoms. The SMILES string of the molecule is CC(C)C1=NN=C(C2CC(c3ccc(OC(F)(F)F)cc3)CN(C(=O)N3CCOCC3)C2)CC=C1. The van der Waals surface area contributed by atoms with E-state index in [1.165, 1.54) is 12.1 Å². The van der Waals surface area contributed by atoms with Crippen LogP contribution in [-0.4, -0.2) is 73.0 Å². The van der Waals surface area contributed by atoms with Crippen molar-refractivity contribution in [2.24, 2.45) is 22.0 Å². The average Bonchev–Trinajstić information content (AvgIpc) is 3.10. The van der Waals surface area contributed by atoms with Gasteiger partial charge in [0.1, 0.15) is 5.75 Å². The Morgan fingerprint density at radius 2 is 1.74 bits per heavy atom. The van der Waals surface area contributed by atoms with Crippen LogP contribution in [0.1, 0.15) is 38.2 Å². The van der Waals surface area contributed by atoms with E-state index in [0.717, 1.165) is 23.4 Å². The summed E-state index contributed by atoms with van der Waals surface area (Å²) in [6, 6.07) is 5.90. The summed E-state index contributed by atoms with van der Waals surface area (Å²) >= 11 is 0. The molecule has 2 amide bonds. The lowest BCUT2D eigenvalue weighted by molar-refractivity contribution is -0.274. The third-order valence-electron chi connectivity index (χ3n) is 6.56. The molecule has 0 saturated carbocycles. The first-order chi connectivity index (χ1) is 16.7. The number of allylic oxidation sites excluding steroid dienone is 2. The van der Waals surface area contributed by atoms with Crippen LogP contribution < -0.4 is 4.74 Å². The van der Waals surface area contributed by atoms with Gasteiger partial charge in [-0.05, 0) is 36.1 Å². The van der Waals surface area contributed by atoms with E-state index in [1.807, 2.05) is 11.0 Å². The molecule has 2 atom stereocenters. The molecule has 2 fully saturated rings. The van der Waals surface area contributed by atoms with Gasteiger partial charge in [-0.25, -0.2) is 4.79 Å². The number of halogens is 3. The van der Waals surface area contributed by atoms with Crippen LogP contribution in [0.25, 0.3) is 0 Å². The summed E-state index contributed by atoms with van der Waals surface area (Å²) in [4.78, 5) is 17.0. The zero-order chi connectivity index (χ0) is 25.0.